The summed E-state index contributed by atoms with van der Waals surface area (Å²) in [5, 5.41) is 2.55. The fourth-order valence-corrected chi connectivity index (χ4v) is 2.75. The van der Waals surface area contributed by atoms with Crippen LogP contribution in [-0.4, -0.2) is 0 Å². The van der Waals surface area contributed by atoms with E-state index in [1.165, 1.54) is 27.5 Å². The van der Waals surface area contributed by atoms with Crippen molar-refractivity contribution in [2.45, 2.75) is 0 Å². The van der Waals surface area contributed by atoms with E-state index in [0.717, 1.165) is 0 Å². The van der Waals surface area contributed by atoms with Crippen molar-refractivity contribution in [3.05, 3.63) is 126 Å². The summed E-state index contributed by atoms with van der Waals surface area (Å²) in [5.41, 5.74) is 3.67. The first-order valence-electron chi connectivity index (χ1n) is 8.75. The van der Waals surface area contributed by atoms with Gasteiger partial charge in [0, 0.05) is 0 Å². The zero-order valence-corrected chi connectivity index (χ0v) is 14.8. The molecule has 0 bridgehead atoms. The summed E-state index contributed by atoms with van der Waals surface area (Å²) >= 11 is 0. The van der Waals surface area contributed by atoms with E-state index in [4.69, 9.17) is 0 Å². The topological polar surface area (TPSA) is 0 Å². The molecule has 0 fully saturated rings. The second kappa shape index (κ2) is 9.19. The highest BCUT2D eigenvalue weighted by molar-refractivity contribution is 5.90. The van der Waals surface area contributed by atoms with Crippen LogP contribution < -0.4 is 0 Å². The van der Waals surface area contributed by atoms with Crippen molar-refractivity contribution >= 4 is 29.0 Å². The summed E-state index contributed by atoms with van der Waals surface area (Å²) in [4.78, 5) is 0. The predicted octanol–water partition coefficient (Wildman–Crippen LogP) is 7.34. The molecule has 0 aliphatic rings. The molecule has 0 nitrogen and oxygen atoms in total. The lowest BCUT2D eigenvalue weighted by Crippen LogP contribution is -1.75. The highest BCUT2D eigenvalue weighted by Crippen LogP contribution is 2.18. The summed E-state index contributed by atoms with van der Waals surface area (Å²) in [6.07, 6.45) is 6.13. The van der Waals surface area contributed by atoms with Gasteiger partial charge in [-0.3, -0.25) is 0 Å². The lowest BCUT2D eigenvalue weighted by Gasteiger charge is -1.99. The largest absolute Gasteiger partial charge is 0.0984 e. The number of rotatable bonds is 3. The minimum Gasteiger partial charge on any atom is -0.0984 e. The van der Waals surface area contributed by atoms with Gasteiger partial charge < -0.3 is 0 Å². The van der Waals surface area contributed by atoms with Gasteiger partial charge in [0.1, 0.15) is 0 Å². The van der Waals surface area contributed by atoms with Crippen LogP contribution in [0.3, 0.4) is 0 Å². The van der Waals surface area contributed by atoms with Gasteiger partial charge in [0.05, 0.1) is 0 Å². The molecule has 126 valence electrons. The highest BCUT2D eigenvalue weighted by Gasteiger charge is 1.93. The van der Waals surface area contributed by atoms with Gasteiger partial charge in [-0.1, -0.05) is 128 Å². The Balaban J connectivity index is 0.000000152. The molecule has 0 aliphatic carbocycles. The van der Waals surface area contributed by atoms with Crippen LogP contribution in [0.5, 0.6) is 0 Å². The van der Waals surface area contributed by atoms with Gasteiger partial charge in [0.25, 0.3) is 0 Å². The molecule has 4 aromatic rings. The van der Waals surface area contributed by atoms with E-state index in [1.807, 2.05) is 42.5 Å². The zero-order chi connectivity index (χ0) is 18.0. The summed E-state index contributed by atoms with van der Waals surface area (Å²) in [6.45, 7) is 3.78. The number of fused-ring (bicyclic) bond motifs is 1. The van der Waals surface area contributed by atoms with Gasteiger partial charge in [-0.2, -0.15) is 0 Å². The summed E-state index contributed by atoms with van der Waals surface area (Å²) in [7, 11) is 0. The van der Waals surface area contributed by atoms with Crippen LogP contribution in [0.15, 0.2) is 110 Å². The lowest BCUT2D eigenvalue weighted by atomic mass is 10.1. The van der Waals surface area contributed by atoms with E-state index in [1.54, 1.807) is 0 Å². The van der Waals surface area contributed by atoms with Crippen molar-refractivity contribution in [1.29, 1.82) is 0 Å². The second-order valence-corrected chi connectivity index (χ2v) is 5.93. The molecule has 4 rings (SSSR count). The molecule has 0 aliphatic heterocycles. The first-order valence-corrected chi connectivity index (χ1v) is 8.75. The smallest absolute Gasteiger partial charge is 0.0112 e. The molecular formula is C26H22. The maximum Gasteiger partial charge on any atom is -0.0112 e. The molecular weight excluding hydrogens is 312 g/mol. The Morgan fingerprint density at radius 2 is 1.00 bits per heavy atom. The lowest BCUT2D eigenvalue weighted by molar-refractivity contribution is 1.65. The van der Waals surface area contributed by atoms with Gasteiger partial charge in [0.2, 0.25) is 0 Å². The maximum absolute atomic E-state index is 3.78. The summed E-state index contributed by atoms with van der Waals surface area (Å²) in [6, 6.07) is 35.2. The standard InChI is InChI=1S/C14H12.C12H10/c1-3-7-13(8-4-1)11-12-14-9-5-2-6-10-14;1-2-10-7-5-8-11-6-3-4-9-12(10)11/h1-12H;2-9H,1H2. The van der Waals surface area contributed by atoms with Crippen molar-refractivity contribution in [3.8, 4) is 0 Å². The van der Waals surface area contributed by atoms with Gasteiger partial charge in [-0.05, 0) is 27.5 Å². The number of benzene rings is 4. The average Bonchev–Trinajstić information content (AvgIpc) is 2.74. The summed E-state index contributed by atoms with van der Waals surface area (Å²) < 4.78 is 0. The van der Waals surface area contributed by atoms with Gasteiger partial charge in [0.15, 0.2) is 0 Å². The molecule has 0 aromatic heterocycles. The summed E-state index contributed by atoms with van der Waals surface area (Å²) in [5.74, 6) is 0. The Kier molecular flexibility index (Phi) is 6.17. The van der Waals surface area contributed by atoms with Crippen LogP contribution in [-0.2, 0) is 0 Å². The third-order valence-corrected chi connectivity index (χ3v) is 4.11. The third kappa shape index (κ3) is 4.81. The van der Waals surface area contributed by atoms with Crippen molar-refractivity contribution < 1.29 is 0 Å². The van der Waals surface area contributed by atoms with Crippen molar-refractivity contribution in [2.75, 3.05) is 0 Å². The van der Waals surface area contributed by atoms with Crippen LogP contribution in [0.4, 0.5) is 0 Å². The second-order valence-electron chi connectivity index (χ2n) is 5.93. The van der Waals surface area contributed by atoms with E-state index >= 15 is 0 Å². The fourth-order valence-electron chi connectivity index (χ4n) is 2.75. The van der Waals surface area contributed by atoms with E-state index in [-0.39, 0.29) is 0 Å². The molecule has 0 atom stereocenters. The van der Waals surface area contributed by atoms with Gasteiger partial charge >= 0.3 is 0 Å². The SMILES string of the molecule is C(=Cc1ccccc1)c1ccccc1.C=Cc1cccc2ccccc12. The number of hydrogen-bond acceptors (Lipinski definition) is 0. The van der Waals surface area contributed by atoms with Crippen molar-refractivity contribution in [2.24, 2.45) is 0 Å². The van der Waals surface area contributed by atoms with Gasteiger partial charge in [-0.25, -0.2) is 0 Å². The molecule has 0 saturated heterocycles. The van der Waals surface area contributed by atoms with Crippen molar-refractivity contribution in [1.82, 2.24) is 0 Å². The minimum atomic E-state index is 1.20. The Labute approximate surface area is 155 Å². The molecule has 0 saturated carbocycles. The molecule has 0 heteroatoms. The zero-order valence-electron chi connectivity index (χ0n) is 14.8. The molecule has 4 aromatic carbocycles. The molecule has 0 radical (unpaired) electrons. The van der Waals surface area contributed by atoms with Crippen LogP contribution >= 0.6 is 0 Å². The molecule has 26 heavy (non-hydrogen) atoms. The Morgan fingerprint density at radius 1 is 0.500 bits per heavy atom. The van der Waals surface area contributed by atoms with E-state index < -0.39 is 0 Å². The number of hydrogen-bond donors (Lipinski definition) is 0. The molecule has 0 spiro atoms. The van der Waals surface area contributed by atoms with Crippen LogP contribution in [0.2, 0.25) is 0 Å². The van der Waals surface area contributed by atoms with E-state index in [2.05, 4.69) is 85.5 Å². The minimum absolute atomic E-state index is 1.20. The Bertz CT molecular complexity index is 933. The Morgan fingerprint density at radius 3 is 1.58 bits per heavy atom. The predicted molar refractivity (Wildman–Crippen MR) is 116 cm³/mol. The normalized spacial score (nSPS) is 10.3. The molecule has 0 unspecified atom stereocenters. The Hall–Kier alpha value is -3.38. The van der Waals surface area contributed by atoms with Crippen LogP contribution in [0.1, 0.15) is 16.7 Å². The third-order valence-electron chi connectivity index (χ3n) is 4.11. The molecule has 0 amide bonds. The van der Waals surface area contributed by atoms with Crippen LogP contribution in [0.25, 0.3) is 29.0 Å². The van der Waals surface area contributed by atoms with Crippen LogP contribution in [0, 0.1) is 0 Å². The fraction of sp³-hybridized carbons (Fsp3) is 0. The van der Waals surface area contributed by atoms with E-state index in [0.29, 0.717) is 0 Å². The van der Waals surface area contributed by atoms with E-state index in [9.17, 15) is 0 Å². The molecule has 0 N–H and O–H groups in total. The monoisotopic (exact) mass is 334 g/mol. The van der Waals surface area contributed by atoms with Crippen molar-refractivity contribution in [3.63, 3.8) is 0 Å². The van der Waals surface area contributed by atoms with Gasteiger partial charge in [-0.15, -0.1) is 0 Å². The first kappa shape index (κ1) is 17.4. The average molecular weight is 334 g/mol. The maximum atomic E-state index is 3.78. The molecule has 0 heterocycles. The highest BCUT2D eigenvalue weighted by atomic mass is 14.0. The quantitative estimate of drug-likeness (QED) is 0.344. The first-order chi connectivity index (χ1) is 12.9.